The molecule has 0 fully saturated rings. The Hall–Kier alpha value is -0.920. The van der Waals surface area contributed by atoms with Gasteiger partial charge in [0.25, 0.3) is 0 Å². The maximum Gasteiger partial charge on any atom is 0.0313 e. The van der Waals surface area contributed by atoms with Crippen LogP contribution in [-0.2, 0) is 0 Å². The fourth-order valence-corrected chi connectivity index (χ4v) is 0.514. The Morgan fingerprint density at radius 2 is 1.83 bits per heavy atom. The van der Waals surface area contributed by atoms with E-state index in [1.165, 1.54) is 6.21 Å². The normalized spacial score (nSPS) is 11.3. The molecular formula is C10H20N2. The lowest BCUT2D eigenvalue weighted by molar-refractivity contribution is 0.803. The summed E-state index contributed by atoms with van der Waals surface area (Å²) in [5.41, 5.74) is 0.957. The highest BCUT2D eigenvalue weighted by Crippen LogP contribution is 2.05. The molecule has 0 bridgehead atoms. The fourth-order valence-electron chi connectivity index (χ4n) is 0.514. The number of nitrogens with zero attached hydrogens (tertiary/aromatic N) is 1. The summed E-state index contributed by atoms with van der Waals surface area (Å²) in [5.74, 6) is 0.390. The summed E-state index contributed by atoms with van der Waals surface area (Å²) >= 11 is 0. The van der Waals surface area contributed by atoms with Crippen LogP contribution in [0.2, 0.25) is 0 Å². The summed E-state index contributed by atoms with van der Waals surface area (Å²) in [6.45, 7) is 9.95. The molecule has 0 saturated heterocycles. The van der Waals surface area contributed by atoms with Crippen molar-refractivity contribution in [1.29, 1.82) is 5.41 Å². The van der Waals surface area contributed by atoms with Gasteiger partial charge in [0.15, 0.2) is 0 Å². The molecule has 0 unspecified atom stereocenters. The average molecular weight is 168 g/mol. The van der Waals surface area contributed by atoms with Gasteiger partial charge in [0.1, 0.15) is 0 Å². The minimum absolute atomic E-state index is 0.390. The van der Waals surface area contributed by atoms with Gasteiger partial charge in [0.2, 0.25) is 0 Å². The van der Waals surface area contributed by atoms with Crippen LogP contribution in [-0.4, -0.2) is 12.4 Å². The largest absolute Gasteiger partial charge is 0.308 e. The smallest absolute Gasteiger partial charge is 0.0313 e. The zero-order chi connectivity index (χ0) is 9.98. The highest BCUT2D eigenvalue weighted by atomic mass is 14.7. The van der Waals surface area contributed by atoms with E-state index in [-0.39, 0.29) is 0 Å². The van der Waals surface area contributed by atoms with Crippen molar-refractivity contribution in [2.45, 2.75) is 34.6 Å². The van der Waals surface area contributed by atoms with Crippen LogP contribution >= 0.6 is 0 Å². The lowest BCUT2D eigenvalue weighted by Crippen LogP contribution is -1.93. The number of nitrogens with one attached hydrogen (secondary N) is 1. The van der Waals surface area contributed by atoms with Gasteiger partial charge < -0.3 is 5.41 Å². The molecule has 0 aromatic heterocycles. The van der Waals surface area contributed by atoms with Crippen molar-refractivity contribution in [3.8, 4) is 0 Å². The number of allylic oxidation sites excluding steroid dienone is 1. The average Bonchev–Trinajstić information content (AvgIpc) is 2.09. The molecule has 0 rings (SSSR count). The molecular weight excluding hydrogens is 148 g/mol. The number of hydrogen-bond acceptors (Lipinski definition) is 2. The molecule has 12 heavy (non-hydrogen) atoms. The van der Waals surface area contributed by atoms with Gasteiger partial charge in [0, 0.05) is 18.6 Å². The zero-order valence-electron chi connectivity index (χ0n) is 8.76. The van der Waals surface area contributed by atoms with Crippen molar-refractivity contribution in [3.05, 3.63) is 11.8 Å². The first-order chi connectivity index (χ1) is 5.72. The van der Waals surface area contributed by atoms with Crippen LogP contribution in [0.5, 0.6) is 0 Å². The van der Waals surface area contributed by atoms with Gasteiger partial charge in [0.05, 0.1) is 0 Å². The Morgan fingerprint density at radius 1 is 1.33 bits per heavy atom. The molecule has 1 N–H and O–H groups in total. The maximum absolute atomic E-state index is 7.00. The lowest BCUT2D eigenvalue weighted by Gasteiger charge is -2.00. The van der Waals surface area contributed by atoms with Crippen LogP contribution in [0, 0.1) is 11.3 Å². The molecule has 0 aromatic rings. The standard InChI is InChI=1S/C8H14N2.C2H6/c1-4-10-6-8(5-9)7(2)3;1-2/h4-7,9H,1-3H3;1-2H3/b8-6+,9-5?,10-4?;. The van der Waals surface area contributed by atoms with Gasteiger partial charge in [-0.05, 0) is 18.4 Å². The molecule has 70 valence electrons. The Morgan fingerprint density at radius 3 is 2.08 bits per heavy atom. The predicted molar refractivity (Wildman–Crippen MR) is 57.2 cm³/mol. The third-order valence-corrected chi connectivity index (χ3v) is 1.21. The van der Waals surface area contributed by atoms with Crippen LogP contribution < -0.4 is 0 Å². The zero-order valence-corrected chi connectivity index (χ0v) is 8.76. The van der Waals surface area contributed by atoms with E-state index < -0.39 is 0 Å². The van der Waals surface area contributed by atoms with Gasteiger partial charge in [-0.3, -0.25) is 4.99 Å². The molecule has 0 radical (unpaired) electrons. The summed E-state index contributed by atoms with van der Waals surface area (Å²) in [6.07, 6.45) is 4.78. The van der Waals surface area contributed by atoms with Crippen LogP contribution in [0.25, 0.3) is 0 Å². The fraction of sp³-hybridized carbons (Fsp3) is 0.600. The highest BCUT2D eigenvalue weighted by Gasteiger charge is 1.96. The van der Waals surface area contributed by atoms with E-state index in [0.717, 1.165) is 5.57 Å². The molecule has 0 aliphatic rings. The van der Waals surface area contributed by atoms with Crippen LogP contribution in [0.1, 0.15) is 34.6 Å². The van der Waals surface area contributed by atoms with Crippen molar-refractivity contribution in [2.75, 3.05) is 0 Å². The first-order valence-electron chi connectivity index (χ1n) is 4.40. The van der Waals surface area contributed by atoms with E-state index in [0.29, 0.717) is 5.92 Å². The molecule has 0 amide bonds. The van der Waals surface area contributed by atoms with Crippen LogP contribution in [0.4, 0.5) is 0 Å². The molecule has 0 aromatic carbocycles. The van der Waals surface area contributed by atoms with Gasteiger partial charge in [-0.2, -0.15) is 0 Å². The Balaban J connectivity index is 0. The molecule has 0 heterocycles. The first kappa shape index (κ1) is 13.7. The number of rotatable bonds is 3. The van der Waals surface area contributed by atoms with Crippen molar-refractivity contribution in [2.24, 2.45) is 10.9 Å². The SMILES string of the molecule is CC.CC=N/C=C(\C=N)C(C)C. The second-order valence-corrected chi connectivity index (χ2v) is 2.34. The number of aliphatic imine (C=N–C) groups is 1. The molecule has 0 saturated carbocycles. The van der Waals surface area contributed by atoms with Crippen LogP contribution in [0.15, 0.2) is 16.8 Å². The van der Waals surface area contributed by atoms with Crippen molar-refractivity contribution in [1.82, 2.24) is 0 Å². The van der Waals surface area contributed by atoms with E-state index >= 15 is 0 Å². The Bertz CT molecular complexity index is 155. The second-order valence-electron chi connectivity index (χ2n) is 2.34. The third kappa shape index (κ3) is 7.19. The summed E-state index contributed by atoms with van der Waals surface area (Å²) in [6, 6.07) is 0. The van der Waals surface area contributed by atoms with E-state index in [1.54, 1.807) is 12.4 Å². The van der Waals surface area contributed by atoms with Gasteiger partial charge >= 0.3 is 0 Å². The topological polar surface area (TPSA) is 36.2 Å². The minimum Gasteiger partial charge on any atom is -0.308 e. The van der Waals surface area contributed by atoms with Gasteiger partial charge in [-0.1, -0.05) is 27.7 Å². The Labute approximate surface area is 75.9 Å². The molecule has 0 aliphatic heterocycles. The van der Waals surface area contributed by atoms with Crippen molar-refractivity contribution in [3.63, 3.8) is 0 Å². The van der Waals surface area contributed by atoms with Crippen LogP contribution in [0.3, 0.4) is 0 Å². The third-order valence-electron chi connectivity index (χ3n) is 1.21. The van der Waals surface area contributed by atoms with E-state index in [1.807, 2.05) is 34.6 Å². The summed E-state index contributed by atoms with van der Waals surface area (Å²) in [7, 11) is 0. The second kappa shape index (κ2) is 10.1. The lowest BCUT2D eigenvalue weighted by atomic mass is 10.1. The summed E-state index contributed by atoms with van der Waals surface area (Å²) < 4.78 is 0. The van der Waals surface area contributed by atoms with Gasteiger partial charge in [-0.25, -0.2) is 0 Å². The quantitative estimate of drug-likeness (QED) is 0.628. The van der Waals surface area contributed by atoms with E-state index in [2.05, 4.69) is 4.99 Å². The molecule has 2 heteroatoms. The molecule has 0 spiro atoms. The molecule has 0 atom stereocenters. The van der Waals surface area contributed by atoms with Gasteiger partial charge in [-0.15, -0.1) is 0 Å². The number of hydrogen-bond donors (Lipinski definition) is 1. The molecule has 0 aliphatic carbocycles. The maximum atomic E-state index is 7.00. The van der Waals surface area contributed by atoms with Crippen molar-refractivity contribution < 1.29 is 0 Å². The summed E-state index contributed by atoms with van der Waals surface area (Å²) in [4.78, 5) is 3.93. The van der Waals surface area contributed by atoms with E-state index in [9.17, 15) is 0 Å². The van der Waals surface area contributed by atoms with Crippen molar-refractivity contribution >= 4 is 12.4 Å². The van der Waals surface area contributed by atoms with E-state index in [4.69, 9.17) is 5.41 Å². The monoisotopic (exact) mass is 168 g/mol. The Kier molecular flexibility index (Phi) is 11.5. The first-order valence-corrected chi connectivity index (χ1v) is 4.40. The molecule has 2 nitrogen and oxygen atoms in total. The highest BCUT2D eigenvalue weighted by molar-refractivity contribution is 5.76. The predicted octanol–water partition coefficient (Wildman–Crippen LogP) is 3.29. The minimum atomic E-state index is 0.390. The summed E-state index contributed by atoms with van der Waals surface area (Å²) in [5, 5.41) is 7.00.